The molecule has 7 rings (SSSR count). The number of hydrogen-bond acceptors (Lipinski definition) is 6. The number of carbonyl (C=O) groups is 1. The summed E-state index contributed by atoms with van der Waals surface area (Å²) in [5.74, 6) is 1.12. The summed E-state index contributed by atoms with van der Waals surface area (Å²) in [5.41, 5.74) is 3.36. The zero-order valence-electron chi connectivity index (χ0n) is 21.5. The predicted octanol–water partition coefficient (Wildman–Crippen LogP) is 3.16. The lowest BCUT2D eigenvalue weighted by Crippen LogP contribution is -2.52. The summed E-state index contributed by atoms with van der Waals surface area (Å²) >= 11 is 0. The first-order valence-corrected chi connectivity index (χ1v) is 13.2. The first-order valence-electron chi connectivity index (χ1n) is 13.2. The summed E-state index contributed by atoms with van der Waals surface area (Å²) < 4.78 is 23.0. The molecule has 2 amide bonds. The molecule has 2 fully saturated rings. The molecule has 0 radical (unpaired) electrons. The van der Waals surface area contributed by atoms with Crippen LogP contribution in [-0.2, 0) is 6.54 Å². The second-order valence-electron chi connectivity index (χ2n) is 10.3. The molecule has 1 N–H and O–H groups in total. The van der Waals surface area contributed by atoms with Gasteiger partial charge in [-0.15, -0.1) is 0 Å². The number of benzene rings is 2. The van der Waals surface area contributed by atoms with E-state index < -0.39 is 6.36 Å². The summed E-state index contributed by atoms with van der Waals surface area (Å²) in [7, 11) is 0. The number of carbonyl (C=O) groups excluding carboxylic acids is 1. The van der Waals surface area contributed by atoms with Crippen LogP contribution in [0.3, 0.4) is 0 Å². The number of amides is 2. The van der Waals surface area contributed by atoms with Crippen LogP contribution in [0.2, 0.25) is 0 Å². The van der Waals surface area contributed by atoms with Crippen LogP contribution in [-0.4, -0.2) is 68.8 Å². The lowest BCUT2D eigenvalue weighted by Gasteiger charge is -2.36. The van der Waals surface area contributed by atoms with Crippen LogP contribution >= 0.6 is 0 Å². The fourth-order valence-electron chi connectivity index (χ4n) is 6.11. The number of halogens is 1. The van der Waals surface area contributed by atoms with Gasteiger partial charge in [0.05, 0.1) is 23.0 Å². The number of aromatic nitrogens is 4. The molecule has 10 nitrogen and oxygen atoms in total. The average molecular weight is 530 g/mol. The smallest absolute Gasteiger partial charge is 0.317 e. The van der Waals surface area contributed by atoms with Crippen molar-refractivity contribution >= 4 is 22.9 Å². The number of hydrogen-bond donors (Lipinski definition) is 1. The van der Waals surface area contributed by atoms with Gasteiger partial charge in [0.25, 0.3) is 5.56 Å². The minimum Gasteiger partial charge on any atom is -0.460 e. The van der Waals surface area contributed by atoms with E-state index in [1.165, 1.54) is 6.92 Å². The second kappa shape index (κ2) is 9.11. The van der Waals surface area contributed by atoms with E-state index in [2.05, 4.69) is 20.2 Å². The van der Waals surface area contributed by atoms with E-state index in [-0.39, 0.29) is 23.7 Å². The largest absolute Gasteiger partial charge is 0.460 e. The summed E-state index contributed by atoms with van der Waals surface area (Å²) in [4.78, 5) is 38.4. The molecule has 3 aliphatic heterocycles. The number of urea groups is 1. The average Bonchev–Trinajstić information content (AvgIpc) is 3.63. The quantitative estimate of drug-likeness (QED) is 0.427. The van der Waals surface area contributed by atoms with E-state index in [4.69, 9.17) is 4.74 Å². The van der Waals surface area contributed by atoms with E-state index in [9.17, 15) is 14.0 Å². The number of anilines is 1. The Hall–Kier alpha value is -4.41. The number of ether oxygens (including phenoxy) is 1. The lowest BCUT2D eigenvalue weighted by atomic mass is 10.0. The maximum Gasteiger partial charge on any atom is 0.317 e. The fourth-order valence-corrected chi connectivity index (χ4v) is 6.11. The molecular formula is C28H28FN7O3. The maximum absolute atomic E-state index is 13.8. The molecule has 5 heterocycles. The summed E-state index contributed by atoms with van der Waals surface area (Å²) in [6.45, 7) is 4.59. The van der Waals surface area contributed by atoms with Gasteiger partial charge in [0.2, 0.25) is 12.3 Å². The molecule has 0 aliphatic carbocycles. The summed E-state index contributed by atoms with van der Waals surface area (Å²) in [5, 5.41) is 3.53. The second-order valence-corrected chi connectivity index (χ2v) is 10.3. The number of rotatable bonds is 5. The van der Waals surface area contributed by atoms with E-state index in [1.54, 1.807) is 23.1 Å². The third kappa shape index (κ3) is 3.91. The Morgan fingerprint density at radius 3 is 2.69 bits per heavy atom. The molecule has 200 valence electrons. The lowest BCUT2D eigenvalue weighted by molar-refractivity contribution is 0.0843. The van der Waals surface area contributed by atoms with Crippen molar-refractivity contribution in [2.24, 2.45) is 0 Å². The third-order valence-corrected chi connectivity index (χ3v) is 7.93. The van der Waals surface area contributed by atoms with Crippen LogP contribution in [0.4, 0.5) is 15.1 Å². The van der Waals surface area contributed by atoms with Crippen molar-refractivity contribution in [3.63, 3.8) is 0 Å². The van der Waals surface area contributed by atoms with E-state index in [0.29, 0.717) is 56.2 Å². The maximum atomic E-state index is 13.8. The van der Waals surface area contributed by atoms with Crippen molar-refractivity contribution in [3.8, 4) is 16.9 Å². The standard InChI is InChI=1S/C28H28FN7O3/c1-17(29)39-25-5-3-2-4-21(25)23-8-9-35-26(37)22-7-6-18(12-24(22)36(23)35)19-13-30-27(31-14-19)33-10-11-34-20(16-33)15-32-28(34)38/h2-7,12-14,17,20,23H,8-11,15-16H2,1H3,(H,32,38)/t17?,20-,23-/m1/s1. The molecule has 39 heavy (non-hydrogen) atoms. The molecule has 2 aromatic carbocycles. The van der Waals surface area contributed by atoms with Gasteiger partial charge < -0.3 is 19.9 Å². The van der Waals surface area contributed by atoms with Crippen molar-refractivity contribution in [2.75, 3.05) is 31.1 Å². The zero-order valence-corrected chi connectivity index (χ0v) is 21.5. The van der Waals surface area contributed by atoms with E-state index >= 15 is 0 Å². The van der Waals surface area contributed by atoms with Crippen LogP contribution < -0.4 is 20.5 Å². The Bertz CT molecular complexity index is 1630. The van der Waals surface area contributed by atoms with Gasteiger partial charge in [-0.2, -0.15) is 0 Å². The number of nitrogens with one attached hydrogen (secondary N) is 1. The number of fused-ring (bicyclic) bond motifs is 4. The van der Waals surface area contributed by atoms with Crippen LogP contribution in [0.1, 0.15) is 24.9 Å². The Morgan fingerprint density at radius 2 is 1.87 bits per heavy atom. The van der Waals surface area contributed by atoms with Crippen LogP contribution in [0.5, 0.6) is 5.75 Å². The van der Waals surface area contributed by atoms with Gasteiger partial charge in [-0.25, -0.2) is 23.8 Å². The molecule has 1 unspecified atom stereocenters. The van der Waals surface area contributed by atoms with Crippen molar-refractivity contribution in [2.45, 2.75) is 38.3 Å². The molecule has 0 bridgehead atoms. The first kappa shape index (κ1) is 23.7. The Balaban J connectivity index is 1.21. The number of piperazine rings is 1. The molecular weight excluding hydrogens is 501 g/mol. The normalized spacial score (nSPS) is 21.1. The number of para-hydroxylation sites is 1. The van der Waals surface area contributed by atoms with Gasteiger partial charge in [0, 0.05) is 63.2 Å². The number of nitrogens with zero attached hydrogens (tertiary/aromatic N) is 6. The Kier molecular flexibility index (Phi) is 5.53. The van der Waals surface area contributed by atoms with Crippen molar-refractivity contribution in [1.82, 2.24) is 29.5 Å². The highest BCUT2D eigenvalue weighted by molar-refractivity contribution is 5.85. The van der Waals surface area contributed by atoms with Gasteiger partial charge >= 0.3 is 6.03 Å². The molecule has 11 heteroatoms. The van der Waals surface area contributed by atoms with Crippen molar-refractivity contribution < 1.29 is 13.9 Å². The Morgan fingerprint density at radius 1 is 1.05 bits per heavy atom. The van der Waals surface area contributed by atoms with E-state index in [0.717, 1.165) is 22.2 Å². The van der Waals surface area contributed by atoms with Crippen molar-refractivity contribution in [1.29, 1.82) is 0 Å². The molecule has 2 aromatic heterocycles. The molecule has 2 saturated heterocycles. The first-order chi connectivity index (χ1) is 19.0. The molecule has 0 saturated carbocycles. The molecule has 3 aliphatic rings. The predicted molar refractivity (Wildman–Crippen MR) is 144 cm³/mol. The third-order valence-electron chi connectivity index (χ3n) is 7.93. The summed E-state index contributed by atoms with van der Waals surface area (Å²) in [6.07, 6.45) is 2.88. The molecule has 0 spiro atoms. The van der Waals surface area contributed by atoms with Crippen molar-refractivity contribution in [3.05, 3.63) is 70.8 Å². The summed E-state index contributed by atoms with van der Waals surface area (Å²) in [6, 6.07) is 13.2. The highest BCUT2D eigenvalue weighted by atomic mass is 19.1. The van der Waals surface area contributed by atoms with Gasteiger partial charge in [-0.05, 0) is 30.2 Å². The van der Waals surface area contributed by atoms with Crippen LogP contribution in [0.15, 0.2) is 59.7 Å². The molecule has 3 atom stereocenters. The van der Waals surface area contributed by atoms with Crippen LogP contribution in [0.25, 0.3) is 22.0 Å². The highest BCUT2D eigenvalue weighted by Gasteiger charge is 2.36. The van der Waals surface area contributed by atoms with E-state index in [1.807, 2.05) is 46.0 Å². The van der Waals surface area contributed by atoms with Crippen LogP contribution in [0, 0.1) is 0 Å². The minimum absolute atomic E-state index is 0.00204. The Labute approximate surface area is 223 Å². The number of alkyl halides is 1. The molecule has 4 aromatic rings. The minimum atomic E-state index is -1.44. The highest BCUT2D eigenvalue weighted by Crippen LogP contribution is 2.37. The zero-order chi connectivity index (χ0) is 26.7. The van der Waals surface area contributed by atoms with Gasteiger partial charge in [-0.3, -0.25) is 9.48 Å². The topological polar surface area (TPSA) is 97.5 Å². The SMILES string of the molecule is CC(F)Oc1ccccc1[C@H]1CCn2c(=O)c3ccc(-c4cnc(N5CCN6C(=O)NC[C@@H]6C5)nc4)cc3n21. The monoisotopic (exact) mass is 529 g/mol. The van der Waals surface area contributed by atoms with Gasteiger partial charge in [0.1, 0.15) is 5.75 Å². The van der Waals surface area contributed by atoms with Gasteiger partial charge in [0.15, 0.2) is 0 Å². The fraction of sp³-hybridized carbons (Fsp3) is 0.357. The van der Waals surface area contributed by atoms with Gasteiger partial charge in [-0.1, -0.05) is 24.3 Å².